The van der Waals surface area contributed by atoms with Gasteiger partial charge in [0.15, 0.2) is 0 Å². The molecule has 6 heteroatoms. The van der Waals surface area contributed by atoms with Crippen molar-refractivity contribution in [1.82, 2.24) is 0 Å². The summed E-state index contributed by atoms with van der Waals surface area (Å²) in [5.41, 5.74) is 2.03. The number of non-ortho nitro benzene ring substituents is 1. The van der Waals surface area contributed by atoms with E-state index in [4.69, 9.17) is 0 Å². The lowest BCUT2D eigenvalue weighted by Gasteiger charge is -2.34. The van der Waals surface area contributed by atoms with Gasteiger partial charge in [0.25, 0.3) is 5.69 Å². The predicted octanol–water partition coefficient (Wildman–Crippen LogP) is 1.03. The minimum Gasteiger partial charge on any atom is -0.382 e. The molecule has 0 aromatic heterocycles. The lowest BCUT2D eigenvalue weighted by atomic mass is 10.1. The number of nitro benzene ring substituents is 1. The van der Waals surface area contributed by atoms with Crippen LogP contribution in [0.25, 0.3) is 0 Å². The molecule has 6 nitrogen and oxygen atoms in total. The number of benzene rings is 2. The summed E-state index contributed by atoms with van der Waals surface area (Å²) in [6, 6.07) is 16.5. The number of aliphatic hydroxyl groups excluding tert-OH is 1. The second-order valence-corrected chi connectivity index (χ2v) is 6.14. The van der Waals surface area contributed by atoms with Crippen LogP contribution < -0.4 is 9.80 Å². The van der Waals surface area contributed by atoms with E-state index < -0.39 is 11.0 Å². The zero-order valence-corrected chi connectivity index (χ0v) is 13.5. The smallest absolute Gasteiger partial charge is 0.269 e. The molecule has 1 saturated heterocycles. The molecule has 2 aromatic rings. The number of nitrogens with zero attached hydrogens (tertiary/aromatic N) is 2. The van der Waals surface area contributed by atoms with Gasteiger partial charge in [0.1, 0.15) is 12.6 Å². The second kappa shape index (κ2) is 7.42. The topological polar surface area (TPSA) is 71.0 Å². The Morgan fingerprint density at radius 1 is 1.08 bits per heavy atom. The SMILES string of the molecule is O=[N+]([O-])c1ccc([C@H](O)C[NH+]2CCN(c3ccccc3)CC2)cc1. The summed E-state index contributed by atoms with van der Waals surface area (Å²) in [5, 5.41) is 21.1. The fourth-order valence-corrected chi connectivity index (χ4v) is 3.13. The van der Waals surface area contributed by atoms with Crippen LogP contribution in [0.2, 0.25) is 0 Å². The van der Waals surface area contributed by atoms with Gasteiger partial charge in [-0.2, -0.15) is 0 Å². The molecule has 0 bridgehead atoms. The van der Waals surface area contributed by atoms with Crippen molar-refractivity contribution in [2.45, 2.75) is 6.10 Å². The van der Waals surface area contributed by atoms with Crippen molar-refractivity contribution in [2.75, 3.05) is 37.6 Å². The standard InChI is InChI=1S/C18H21N3O3/c22-18(15-6-8-17(9-7-15)21(23)24)14-19-10-12-20(13-11-19)16-4-2-1-3-5-16/h1-9,18,22H,10-14H2/p+1/t18-/m1/s1. The number of piperazine rings is 1. The Morgan fingerprint density at radius 2 is 1.71 bits per heavy atom. The first-order chi connectivity index (χ1) is 11.6. The molecule has 0 saturated carbocycles. The summed E-state index contributed by atoms with van der Waals surface area (Å²) in [5.74, 6) is 0. The first-order valence-corrected chi connectivity index (χ1v) is 8.19. The van der Waals surface area contributed by atoms with E-state index in [1.807, 2.05) is 18.2 Å². The highest BCUT2D eigenvalue weighted by atomic mass is 16.6. The summed E-state index contributed by atoms with van der Waals surface area (Å²) in [6.45, 7) is 4.50. The maximum absolute atomic E-state index is 10.7. The maximum atomic E-state index is 10.7. The van der Waals surface area contributed by atoms with Gasteiger partial charge in [0, 0.05) is 17.8 Å². The summed E-state index contributed by atoms with van der Waals surface area (Å²) in [6.07, 6.45) is -0.593. The molecule has 0 aliphatic carbocycles. The first kappa shape index (κ1) is 16.4. The highest BCUT2D eigenvalue weighted by Crippen LogP contribution is 2.17. The molecule has 1 aliphatic rings. The van der Waals surface area contributed by atoms with Gasteiger partial charge in [-0.05, 0) is 29.8 Å². The molecule has 1 aliphatic heterocycles. The van der Waals surface area contributed by atoms with Crippen molar-refractivity contribution < 1.29 is 14.9 Å². The summed E-state index contributed by atoms with van der Waals surface area (Å²) in [4.78, 5) is 14.0. The highest BCUT2D eigenvalue weighted by molar-refractivity contribution is 5.46. The van der Waals surface area contributed by atoms with Gasteiger partial charge in [-0.3, -0.25) is 10.1 Å². The van der Waals surface area contributed by atoms with Crippen LogP contribution in [0.5, 0.6) is 0 Å². The fourth-order valence-electron chi connectivity index (χ4n) is 3.13. The Morgan fingerprint density at radius 3 is 2.29 bits per heavy atom. The van der Waals surface area contributed by atoms with Gasteiger partial charge in [-0.15, -0.1) is 0 Å². The van der Waals surface area contributed by atoms with E-state index in [1.165, 1.54) is 22.7 Å². The van der Waals surface area contributed by atoms with E-state index in [-0.39, 0.29) is 5.69 Å². The molecule has 0 radical (unpaired) electrons. The van der Waals surface area contributed by atoms with E-state index in [0.29, 0.717) is 6.54 Å². The molecule has 2 aromatic carbocycles. The van der Waals surface area contributed by atoms with Gasteiger partial charge in [0.05, 0.1) is 31.1 Å². The molecule has 1 fully saturated rings. The lowest BCUT2D eigenvalue weighted by Crippen LogP contribution is -3.15. The quantitative estimate of drug-likeness (QED) is 0.635. The zero-order valence-electron chi connectivity index (χ0n) is 13.5. The van der Waals surface area contributed by atoms with Crippen LogP contribution in [-0.2, 0) is 0 Å². The number of quaternary nitrogens is 1. The van der Waals surface area contributed by atoms with Gasteiger partial charge < -0.3 is 14.9 Å². The van der Waals surface area contributed by atoms with E-state index in [9.17, 15) is 15.2 Å². The Kier molecular flexibility index (Phi) is 5.08. The number of hydrogen-bond donors (Lipinski definition) is 2. The minimum atomic E-state index is -0.593. The number of aliphatic hydroxyl groups is 1. The second-order valence-electron chi connectivity index (χ2n) is 6.14. The Labute approximate surface area is 141 Å². The number of para-hydroxylation sites is 1. The third-order valence-corrected chi connectivity index (χ3v) is 4.56. The minimum absolute atomic E-state index is 0.0507. The van der Waals surface area contributed by atoms with Crippen molar-refractivity contribution in [2.24, 2.45) is 0 Å². The molecule has 1 atom stereocenters. The van der Waals surface area contributed by atoms with Gasteiger partial charge in [-0.25, -0.2) is 0 Å². The zero-order chi connectivity index (χ0) is 16.9. The predicted molar refractivity (Wildman–Crippen MR) is 92.3 cm³/mol. The van der Waals surface area contributed by atoms with Gasteiger partial charge in [0.2, 0.25) is 0 Å². The first-order valence-electron chi connectivity index (χ1n) is 8.19. The van der Waals surface area contributed by atoms with E-state index in [1.54, 1.807) is 12.1 Å². The molecule has 0 spiro atoms. The summed E-state index contributed by atoms with van der Waals surface area (Å²) < 4.78 is 0. The largest absolute Gasteiger partial charge is 0.382 e. The molecule has 1 heterocycles. The molecular weight excluding hydrogens is 306 g/mol. The Hall–Kier alpha value is -2.44. The van der Waals surface area contributed by atoms with Crippen molar-refractivity contribution in [3.05, 3.63) is 70.3 Å². The van der Waals surface area contributed by atoms with E-state index in [0.717, 1.165) is 31.7 Å². The normalized spacial score (nSPS) is 16.8. The molecule has 2 N–H and O–H groups in total. The third kappa shape index (κ3) is 3.90. The highest BCUT2D eigenvalue weighted by Gasteiger charge is 2.23. The average molecular weight is 328 g/mol. The van der Waals surface area contributed by atoms with Crippen molar-refractivity contribution >= 4 is 11.4 Å². The van der Waals surface area contributed by atoms with Crippen LogP contribution in [0.3, 0.4) is 0 Å². The Bertz CT molecular complexity index is 668. The van der Waals surface area contributed by atoms with E-state index >= 15 is 0 Å². The molecule has 0 amide bonds. The number of nitrogens with one attached hydrogen (secondary N) is 1. The molecule has 24 heavy (non-hydrogen) atoms. The van der Waals surface area contributed by atoms with Crippen LogP contribution in [-0.4, -0.2) is 42.8 Å². The van der Waals surface area contributed by atoms with Crippen LogP contribution in [0.4, 0.5) is 11.4 Å². The number of anilines is 1. The Balaban J connectivity index is 1.53. The average Bonchev–Trinajstić information content (AvgIpc) is 2.63. The van der Waals surface area contributed by atoms with E-state index in [2.05, 4.69) is 17.0 Å². The fraction of sp³-hybridized carbons (Fsp3) is 0.333. The molecule has 126 valence electrons. The van der Waals surface area contributed by atoms with Crippen LogP contribution in [0.15, 0.2) is 54.6 Å². The summed E-state index contributed by atoms with van der Waals surface area (Å²) >= 11 is 0. The molecular formula is C18H22N3O3+. The maximum Gasteiger partial charge on any atom is 0.269 e. The summed E-state index contributed by atoms with van der Waals surface area (Å²) in [7, 11) is 0. The van der Waals surface area contributed by atoms with Crippen LogP contribution in [0, 0.1) is 10.1 Å². The van der Waals surface area contributed by atoms with Crippen molar-refractivity contribution in [1.29, 1.82) is 0 Å². The number of nitro groups is 1. The van der Waals surface area contributed by atoms with Gasteiger partial charge >= 0.3 is 0 Å². The monoisotopic (exact) mass is 328 g/mol. The van der Waals surface area contributed by atoms with Crippen molar-refractivity contribution in [3.8, 4) is 0 Å². The van der Waals surface area contributed by atoms with Crippen LogP contribution in [0.1, 0.15) is 11.7 Å². The third-order valence-electron chi connectivity index (χ3n) is 4.56. The lowest BCUT2D eigenvalue weighted by molar-refractivity contribution is -0.904. The molecule has 3 rings (SSSR count). The number of rotatable bonds is 5. The van der Waals surface area contributed by atoms with Crippen molar-refractivity contribution in [3.63, 3.8) is 0 Å². The number of hydrogen-bond acceptors (Lipinski definition) is 4. The molecule has 0 unspecified atom stereocenters. The van der Waals surface area contributed by atoms with Crippen LogP contribution >= 0.6 is 0 Å². The van der Waals surface area contributed by atoms with Gasteiger partial charge in [-0.1, -0.05) is 18.2 Å².